The molecule has 24 heavy (non-hydrogen) atoms. The molecule has 1 aromatic rings. The van der Waals surface area contributed by atoms with Gasteiger partial charge in [0.1, 0.15) is 0 Å². The third-order valence-electron chi connectivity index (χ3n) is 5.02. The lowest BCUT2D eigenvalue weighted by molar-refractivity contribution is -0.188. The number of amides is 2. The zero-order valence-electron chi connectivity index (χ0n) is 13.2. The SMILES string of the molecule is O=C1C[C@H](N2CCC3(CC2)OCCO3)C(=O)N1c1ccc(Br)cc1. The summed E-state index contributed by atoms with van der Waals surface area (Å²) in [4.78, 5) is 28.6. The smallest absolute Gasteiger partial charge is 0.251 e. The summed E-state index contributed by atoms with van der Waals surface area (Å²) in [6.45, 7) is 2.69. The lowest BCUT2D eigenvalue weighted by atomic mass is 10.0. The highest BCUT2D eigenvalue weighted by Crippen LogP contribution is 2.34. The van der Waals surface area contributed by atoms with E-state index < -0.39 is 5.79 Å². The minimum absolute atomic E-state index is 0.133. The second-order valence-electron chi connectivity index (χ2n) is 6.41. The second-order valence-corrected chi connectivity index (χ2v) is 7.32. The average molecular weight is 395 g/mol. The fourth-order valence-electron chi connectivity index (χ4n) is 3.72. The normalized spacial score (nSPS) is 27.4. The molecule has 0 aromatic heterocycles. The minimum Gasteiger partial charge on any atom is -0.347 e. The van der Waals surface area contributed by atoms with Crippen molar-refractivity contribution in [1.82, 2.24) is 4.90 Å². The van der Waals surface area contributed by atoms with Crippen LogP contribution in [0.1, 0.15) is 19.3 Å². The maximum atomic E-state index is 12.8. The molecule has 0 bridgehead atoms. The van der Waals surface area contributed by atoms with E-state index in [0.29, 0.717) is 32.0 Å². The first-order chi connectivity index (χ1) is 11.6. The quantitative estimate of drug-likeness (QED) is 0.717. The Morgan fingerprint density at radius 3 is 2.29 bits per heavy atom. The summed E-state index contributed by atoms with van der Waals surface area (Å²) in [5, 5.41) is 0. The lowest BCUT2D eigenvalue weighted by Crippen LogP contribution is -2.51. The first-order valence-electron chi connectivity index (χ1n) is 8.22. The van der Waals surface area contributed by atoms with Gasteiger partial charge in [-0.2, -0.15) is 0 Å². The molecule has 7 heteroatoms. The van der Waals surface area contributed by atoms with Crippen LogP contribution in [-0.2, 0) is 19.1 Å². The van der Waals surface area contributed by atoms with E-state index in [0.717, 1.165) is 17.3 Å². The summed E-state index contributed by atoms with van der Waals surface area (Å²) >= 11 is 3.37. The van der Waals surface area contributed by atoms with Crippen molar-refractivity contribution in [2.45, 2.75) is 31.1 Å². The van der Waals surface area contributed by atoms with Crippen molar-refractivity contribution in [2.75, 3.05) is 31.2 Å². The molecule has 6 nitrogen and oxygen atoms in total. The number of imide groups is 1. The van der Waals surface area contributed by atoms with E-state index in [-0.39, 0.29) is 24.3 Å². The largest absolute Gasteiger partial charge is 0.347 e. The fraction of sp³-hybridized carbons (Fsp3) is 0.529. The van der Waals surface area contributed by atoms with Crippen molar-refractivity contribution in [3.05, 3.63) is 28.7 Å². The Morgan fingerprint density at radius 1 is 1.04 bits per heavy atom. The minimum atomic E-state index is -0.465. The van der Waals surface area contributed by atoms with Crippen molar-refractivity contribution >= 4 is 33.4 Å². The number of piperidine rings is 1. The van der Waals surface area contributed by atoms with Crippen molar-refractivity contribution in [3.63, 3.8) is 0 Å². The van der Waals surface area contributed by atoms with Crippen molar-refractivity contribution in [1.29, 1.82) is 0 Å². The first-order valence-corrected chi connectivity index (χ1v) is 9.02. The molecule has 1 atom stereocenters. The van der Waals surface area contributed by atoms with Gasteiger partial charge in [0.15, 0.2) is 5.79 Å². The van der Waals surface area contributed by atoms with Crippen LogP contribution in [0.2, 0.25) is 0 Å². The summed E-state index contributed by atoms with van der Waals surface area (Å²) < 4.78 is 12.4. The number of anilines is 1. The van der Waals surface area contributed by atoms with Crippen LogP contribution in [0.5, 0.6) is 0 Å². The van der Waals surface area contributed by atoms with Gasteiger partial charge in [-0.05, 0) is 24.3 Å². The van der Waals surface area contributed by atoms with Crippen LogP contribution in [0.3, 0.4) is 0 Å². The molecule has 1 spiro atoms. The molecule has 3 aliphatic rings. The number of carbonyl (C=O) groups is 2. The molecule has 3 saturated heterocycles. The zero-order valence-corrected chi connectivity index (χ0v) is 14.8. The van der Waals surface area contributed by atoms with Crippen LogP contribution in [0, 0.1) is 0 Å². The van der Waals surface area contributed by atoms with Crippen LogP contribution in [0.15, 0.2) is 28.7 Å². The highest BCUT2D eigenvalue weighted by Gasteiger charge is 2.47. The van der Waals surface area contributed by atoms with Crippen LogP contribution in [-0.4, -0.2) is 54.8 Å². The summed E-state index contributed by atoms with van der Waals surface area (Å²) in [6, 6.07) is 6.87. The molecule has 2 amide bonds. The molecule has 0 radical (unpaired) electrons. The van der Waals surface area contributed by atoms with E-state index in [1.807, 2.05) is 12.1 Å². The van der Waals surface area contributed by atoms with Gasteiger partial charge in [-0.3, -0.25) is 14.5 Å². The van der Waals surface area contributed by atoms with E-state index in [1.54, 1.807) is 12.1 Å². The topological polar surface area (TPSA) is 59.1 Å². The molecule has 3 fully saturated rings. The van der Waals surface area contributed by atoms with Crippen LogP contribution in [0.25, 0.3) is 0 Å². The van der Waals surface area contributed by atoms with E-state index in [1.165, 1.54) is 4.90 Å². The average Bonchev–Trinajstić information content (AvgIpc) is 3.15. The molecule has 1 aromatic carbocycles. The number of halogens is 1. The third-order valence-corrected chi connectivity index (χ3v) is 5.55. The van der Waals surface area contributed by atoms with Gasteiger partial charge < -0.3 is 9.47 Å². The van der Waals surface area contributed by atoms with Crippen molar-refractivity contribution in [2.24, 2.45) is 0 Å². The fourth-order valence-corrected chi connectivity index (χ4v) is 3.99. The predicted octanol–water partition coefficient (Wildman–Crippen LogP) is 1.92. The Balaban J connectivity index is 1.47. The molecular weight excluding hydrogens is 376 g/mol. The molecule has 128 valence electrons. The van der Waals surface area contributed by atoms with E-state index >= 15 is 0 Å². The van der Waals surface area contributed by atoms with Gasteiger partial charge in [0.25, 0.3) is 5.91 Å². The zero-order chi connectivity index (χ0) is 16.7. The van der Waals surface area contributed by atoms with Gasteiger partial charge in [-0.25, -0.2) is 4.90 Å². The number of ether oxygens (including phenoxy) is 2. The number of nitrogens with zero attached hydrogens (tertiary/aromatic N) is 2. The Bertz CT molecular complexity index is 647. The molecule has 0 saturated carbocycles. The Labute approximate surface area is 148 Å². The molecule has 0 aliphatic carbocycles. The molecule has 0 unspecified atom stereocenters. The number of carbonyl (C=O) groups excluding carboxylic acids is 2. The maximum Gasteiger partial charge on any atom is 0.251 e. The standard InChI is InChI=1S/C17H19BrN2O4/c18-12-1-3-13(4-2-12)20-15(21)11-14(16(20)22)19-7-5-17(6-8-19)23-9-10-24-17/h1-4,14H,5-11H2/t14-/m0/s1. The van der Waals surface area contributed by atoms with Gasteiger partial charge in [0.2, 0.25) is 5.91 Å². The Morgan fingerprint density at radius 2 is 1.67 bits per heavy atom. The highest BCUT2D eigenvalue weighted by molar-refractivity contribution is 9.10. The molecule has 0 N–H and O–H groups in total. The van der Waals surface area contributed by atoms with Crippen molar-refractivity contribution < 1.29 is 19.1 Å². The summed E-state index contributed by atoms with van der Waals surface area (Å²) in [5.41, 5.74) is 0.631. The van der Waals surface area contributed by atoms with Crippen LogP contribution < -0.4 is 4.90 Å². The molecule has 3 aliphatic heterocycles. The predicted molar refractivity (Wildman–Crippen MR) is 90.5 cm³/mol. The van der Waals surface area contributed by atoms with E-state index in [4.69, 9.17) is 9.47 Å². The lowest BCUT2D eigenvalue weighted by Gasteiger charge is -2.39. The number of hydrogen-bond acceptors (Lipinski definition) is 5. The van der Waals surface area contributed by atoms with Gasteiger partial charge in [-0.1, -0.05) is 15.9 Å². The highest BCUT2D eigenvalue weighted by atomic mass is 79.9. The maximum absolute atomic E-state index is 12.8. The Kier molecular flexibility index (Phi) is 4.20. The van der Waals surface area contributed by atoms with E-state index in [2.05, 4.69) is 20.8 Å². The van der Waals surface area contributed by atoms with Gasteiger partial charge in [0, 0.05) is 30.4 Å². The summed E-state index contributed by atoms with van der Waals surface area (Å²) in [5.74, 6) is -0.736. The number of likely N-dealkylation sites (tertiary alicyclic amines) is 1. The number of benzene rings is 1. The van der Waals surface area contributed by atoms with Crippen molar-refractivity contribution in [3.8, 4) is 0 Å². The van der Waals surface area contributed by atoms with Gasteiger partial charge >= 0.3 is 0 Å². The van der Waals surface area contributed by atoms with Gasteiger partial charge in [-0.15, -0.1) is 0 Å². The second kappa shape index (κ2) is 6.22. The summed E-state index contributed by atoms with van der Waals surface area (Å²) in [7, 11) is 0. The summed E-state index contributed by atoms with van der Waals surface area (Å²) in [6.07, 6.45) is 1.72. The van der Waals surface area contributed by atoms with Crippen LogP contribution in [0.4, 0.5) is 5.69 Å². The first kappa shape index (κ1) is 16.2. The number of hydrogen-bond donors (Lipinski definition) is 0. The third kappa shape index (κ3) is 2.79. The van der Waals surface area contributed by atoms with Gasteiger partial charge in [0.05, 0.1) is 31.4 Å². The monoisotopic (exact) mass is 394 g/mol. The molecular formula is C17H19BrN2O4. The van der Waals surface area contributed by atoms with Crippen LogP contribution >= 0.6 is 15.9 Å². The molecule has 4 rings (SSSR count). The Hall–Kier alpha value is -1.28. The van der Waals surface area contributed by atoms with E-state index in [9.17, 15) is 9.59 Å². The number of rotatable bonds is 2. The molecule has 3 heterocycles.